The quantitative estimate of drug-likeness (QED) is 0.723. The Morgan fingerprint density at radius 2 is 1.83 bits per heavy atom. The molecule has 3 fully saturated rings. The fourth-order valence-corrected chi connectivity index (χ4v) is 4.67. The number of rotatable bonds is 3. The van der Waals surface area contributed by atoms with Gasteiger partial charge in [0.1, 0.15) is 6.61 Å². The van der Waals surface area contributed by atoms with Crippen molar-refractivity contribution in [3.63, 3.8) is 0 Å². The SMILES string of the molecule is COCC(=O)N1C[C@@H]2COCCN2C2(C1)CN(C(=O)c1ccc(C(F)(F)F)cc1)C2. The van der Waals surface area contributed by atoms with Crippen molar-refractivity contribution in [2.24, 2.45) is 0 Å². The molecule has 1 aromatic rings. The molecule has 3 heterocycles. The molecule has 2 amide bonds. The van der Waals surface area contributed by atoms with Crippen LogP contribution in [0.5, 0.6) is 0 Å². The largest absolute Gasteiger partial charge is 0.416 e. The van der Waals surface area contributed by atoms with Crippen LogP contribution in [0.3, 0.4) is 0 Å². The van der Waals surface area contributed by atoms with Crippen LogP contribution >= 0.6 is 0 Å². The third-order valence-electron chi connectivity index (χ3n) is 6.09. The normalized spacial score (nSPS) is 23.8. The molecule has 30 heavy (non-hydrogen) atoms. The molecule has 164 valence electrons. The summed E-state index contributed by atoms with van der Waals surface area (Å²) in [4.78, 5) is 30.9. The first-order chi connectivity index (χ1) is 14.2. The number of alkyl halides is 3. The first-order valence-corrected chi connectivity index (χ1v) is 9.81. The highest BCUT2D eigenvalue weighted by Gasteiger charge is 2.56. The Hall–Kier alpha value is -2.17. The van der Waals surface area contributed by atoms with Crippen LogP contribution in [0.2, 0.25) is 0 Å². The van der Waals surface area contributed by atoms with Crippen LogP contribution in [-0.2, 0) is 20.4 Å². The molecule has 3 saturated heterocycles. The number of methoxy groups -OCH3 is 1. The maximum absolute atomic E-state index is 12.8. The summed E-state index contributed by atoms with van der Waals surface area (Å²) >= 11 is 0. The van der Waals surface area contributed by atoms with E-state index in [1.54, 1.807) is 9.80 Å². The van der Waals surface area contributed by atoms with Crippen LogP contribution in [0.4, 0.5) is 13.2 Å². The van der Waals surface area contributed by atoms with Crippen molar-refractivity contribution in [2.75, 3.05) is 59.7 Å². The lowest BCUT2D eigenvalue weighted by Crippen LogP contribution is -2.81. The van der Waals surface area contributed by atoms with Crippen LogP contribution < -0.4 is 0 Å². The number of carbonyl (C=O) groups is 2. The van der Waals surface area contributed by atoms with Gasteiger partial charge in [-0.25, -0.2) is 0 Å². The van der Waals surface area contributed by atoms with Crippen molar-refractivity contribution in [3.8, 4) is 0 Å². The third-order valence-corrected chi connectivity index (χ3v) is 6.09. The number of hydrogen-bond acceptors (Lipinski definition) is 5. The van der Waals surface area contributed by atoms with Gasteiger partial charge in [0.05, 0.1) is 30.4 Å². The van der Waals surface area contributed by atoms with Crippen molar-refractivity contribution < 1.29 is 32.2 Å². The lowest BCUT2D eigenvalue weighted by atomic mass is 9.82. The van der Waals surface area contributed by atoms with Gasteiger partial charge in [0.15, 0.2) is 0 Å². The van der Waals surface area contributed by atoms with E-state index in [0.29, 0.717) is 39.4 Å². The molecule has 1 atom stereocenters. The summed E-state index contributed by atoms with van der Waals surface area (Å²) in [6, 6.07) is 4.32. The lowest BCUT2D eigenvalue weighted by Gasteiger charge is -2.63. The average Bonchev–Trinajstić information content (AvgIpc) is 2.70. The van der Waals surface area contributed by atoms with E-state index >= 15 is 0 Å². The molecule has 0 N–H and O–H groups in total. The second-order valence-electron chi connectivity index (χ2n) is 8.09. The molecule has 1 spiro atoms. The molecule has 0 aromatic heterocycles. The fraction of sp³-hybridized carbons (Fsp3) is 0.600. The summed E-state index contributed by atoms with van der Waals surface area (Å²) in [5.74, 6) is -0.408. The Morgan fingerprint density at radius 1 is 1.17 bits per heavy atom. The van der Waals surface area contributed by atoms with Crippen molar-refractivity contribution in [2.45, 2.75) is 17.8 Å². The Labute approximate surface area is 172 Å². The standard InChI is InChI=1S/C20H24F3N3O4/c1-29-10-17(27)24-8-16-9-30-7-6-26(16)19(11-24)12-25(13-19)18(28)14-2-4-15(5-3-14)20(21,22)23/h2-5,16H,6-13H2,1H3/t16-/m1/s1. The molecule has 3 aliphatic rings. The number of piperazine rings is 1. The van der Waals surface area contributed by atoms with E-state index in [1.807, 2.05) is 0 Å². The zero-order valence-corrected chi connectivity index (χ0v) is 16.7. The number of carbonyl (C=O) groups excluding carboxylic acids is 2. The molecule has 4 rings (SSSR count). The van der Waals surface area contributed by atoms with Gasteiger partial charge in [-0.2, -0.15) is 13.2 Å². The fourth-order valence-electron chi connectivity index (χ4n) is 4.67. The summed E-state index contributed by atoms with van der Waals surface area (Å²) < 4.78 is 48.8. The van der Waals surface area contributed by atoms with Gasteiger partial charge in [-0.3, -0.25) is 14.5 Å². The summed E-state index contributed by atoms with van der Waals surface area (Å²) in [5.41, 5.74) is -0.924. The highest BCUT2D eigenvalue weighted by molar-refractivity contribution is 5.95. The van der Waals surface area contributed by atoms with Gasteiger partial charge in [0.25, 0.3) is 5.91 Å². The number of halogens is 3. The Morgan fingerprint density at radius 3 is 2.47 bits per heavy atom. The Bertz CT molecular complexity index is 809. The zero-order chi connectivity index (χ0) is 21.5. The Kier molecular flexibility index (Phi) is 5.50. The van der Waals surface area contributed by atoms with E-state index in [2.05, 4.69) is 4.90 Å². The second kappa shape index (κ2) is 7.82. The summed E-state index contributed by atoms with van der Waals surface area (Å²) in [6.45, 7) is 3.71. The van der Waals surface area contributed by atoms with Gasteiger partial charge >= 0.3 is 6.18 Å². The van der Waals surface area contributed by atoms with Crippen LogP contribution in [0, 0.1) is 0 Å². The average molecular weight is 427 g/mol. The number of morpholine rings is 1. The highest BCUT2D eigenvalue weighted by Crippen LogP contribution is 2.37. The number of hydrogen-bond donors (Lipinski definition) is 0. The number of fused-ring (bicyclic) bond motifs is 2. The molecule has 1 aromatic carbocycles. The number of nitrogens with zero attached hydrogens (tertiary/aromatic N) is 3. The monoisotopic (exact) mass is 427 g/mol. The van der Waals surface area contributed by atoms with Crippen molar-refractivity contribution in [1.82, 2.24) is 14.7 Å². The molecule has 0 saturated carbocycles. The van der Waals surface area contributed by atoms with E-state index in [0.717, 1.165) is 18.7 Å². The molecule has 0 aliphatic carbocycles. The van der Waals surface area contributed by atoms with E-state index < -0.39 is 11.7 Å². The Balaban J connectivity index is 1.47. The molecule has 3 aliphatic heterocycles. The number of benzene rings is 1. The van der Waals surface area contributed by atoms with Crippen molar-refractivity contribution in [1.29, 1.82) is 0 Å². The minimum atomic E-state index is -4.44. The van der Waals surface area contributed by atoms with Crippen LogP contribution in [0.25, 0.3) is 0 Å². The number of amides is 2. The van der Waals surface area contributed by atoms with Gasteiger partial charge in [-0.05, 0) is 24.3 Å². The van der Waals surface area contributed by atoms with Crippen LogP contribution in [-0.4, -0.2) is 97.7 Å². The smallest absolute Gasteiger partial charge is 0.378 e. The van der Waals surface area contributed by atoms with Gasteiger partial charge in [-0.15, -0.1) is 0 Å². The van der Waals surface area contributed by atoms with E-state index in [1.165, 1.54) is 19.2 Å². The molecule has 10 heteroatoms. The topological polar surface area (TPSA) is 62.3 Å². The minimum Gasteiger partial charge on any atom is -0.378 e. The van der Waals surface area contributed by atoms with Gasteiger partial charge in [0.2, 0.25) is 5.91 Å². The molecular formula is C20H24F3N3O4. The first kappa shape index (κ1) is 21.1. The maximum atomic E-state index is 12.8. The first-order valence-electron chi connectivity index (χ1n) is 9.81. The van der Waals surface area contributed by atoms with Gasteiger partial charge < -0.3 is 19.3 Å². The second-order valence-corrected chi connectivity index (χ2v) is 8.09. The van der Waals surface area contributed by atoms with Gasteiger partial charge in [0, 0.05) is 45.4 Å². The van der Waals surface area contributed by atoms with E-state index in [9.17, 15) is 22.8 Å². The summed E-state index contributed by atoms with van der Waals surface area (Å²) in [5, 5.41) is 0. The number of ether oxygens (including phenoxy) is 2. The minimum absolute atomic E-state index is 0.00213. The predicted molar refractivity (Wildman–Crippen MR) is 99.8 cm³/mol. The van der Waals surface area contributed by atoms with E-state index in [-0.39, 0.29) is 35.6 Å². The lowest BCUT2D eigenvalue weighted by molar-refractivity contribution is -0.170. The molecule has 0 unspecified atom stereocenters. The van der Waals surface area contributed by atoms with Crippen LogP contribution in [0.1, 0.15) is 15.9 Å². The molecule has 0 radical (unpaired) electrons. The highest BCUT2D eigenvalue weighted by atomic mass is 19.4. The molecule has 7 nitrogen and oxygen atoms in total. The van der Waals surface area contributed by atoms with Crippen molar-refractivity contribution >= 4 is 11.8 Å². The third kappa shape index (κ3) is 3.79. The zero-order valence-electron chi connectivity index (χ0n) is 16.7. The van der Waals surface area contributed by atoms with Crippen LogP contribution in [0.15, 0.2) is 24.3 Å². The van der Waals surface area contributed by atoms with Crippen molar-refractivity contribution in [3.05, 3.63) is 35.4 Å². The van der Waals surface area contributed by atoms with Gasteiger partial charge in [-0.1, -0.05) is 0 Å². The molecule has 0 bridgehead atoms. The maximum Gasteiger partial charge on any atom is 0.416 e. The van der Waals surface area contributed by atoms with E-state index in [4.69, 9.17) is 9.47 Å². The number of likely N-dealkylation sites (tertiary alicyclic amines) is 1. The molecular weight excluding hydrogens is 403 g/mol. The summed E-state index contributed by atoms with van der Waals surface area (Å²) in [7, 11) is 1.47. The predicted octanol–water partition coefficient (Wildman–Crippen LogP) is 1.09. The summed E-state index contributed by atoms with van der Waals surface area (Å²) in [6.07, 6.45) is -4.44.